The van der Waals surface area contributed by atoms with Crippen LogP contribution in [0.4, 0.5) is 0 Å². The molecule has 0 aliphatic carbocycles. The number of aldehydes is 1. The number of esters is 1. The number of methoxy groups -OCH3 is 1. The molecule has 17 heavy (non-hydrogen) atoms. The highest BCUT2D eigenvalue weighted by atomic mass is 79.9. The molecule has 0 spiro atoms. The van der Waals surface area contributed by atoms with Crippen LogP contribution in [0.5, 0.6) is 0 Å². The number of carbonyl (C=O) groups is 2. The van der Waals surface area contributed by atoms with Gasteiger partial charge >= 0.3 is 5.97 Å². The van der Waals surface area contributed by atoms with Crippen molar-refractivity contribution in [2.45, 2.75) is 0 Å². The number of halogens is 2. The van der Waals surface area contributed by atoms with E-state index in [4.69, 9.17) is 11.6 Å². The topological polar surface area (TPSA) is 59.2 Å². The first kappa shape index (κ1) is 12.1. The first-order valence-electron chi connectivity index (χ1n) is 4.63. The zero-order valence-corrected chi connectivity index (χ0v) is 11.1. The number of hydrogen-bond donors (Lipinski definition) is 1. The van der Waals surface area contributed by atoms with Gasteiger partial charge < -0.3 is 9.72 Å². The lowest BCUT2D eigenvalue weighted by atomic mass is 10.1. The molecule has 1 N–H and O–H groups in total. The molecule has 88 valence electrons. The molecule has 0 amide bonds. The van der Waals surface area contributed by atoms with E-state index in [1.807, 2.05) is 0 Å². The number of aromatic amines is 1. The Labute approximate surface area is 110 Å². The zero-order chi connectivity index (χ0) is 12.6. The van der Waals surface area contributed by atoms with Crippen LogP contribution in [0.3, 0.4) is 0 Å². The van der Waals surface area contributed by atoms with Crippen molar-refractivity contribution in [1.82, 2.24) is 4.98 Å². The standard InChI is InChI=1S/C11H7BrClNO3/c1-17-11(16)10-5(4-15)8-7(14-10)3-2-6(13)9(8)12/h2-4,14H,1H3. The molecule has 1 aromatic heterocycles. The van der Waals surface area contributed by atoms with Crippen molar-refractivity contribution in [3.63, 3.8) is 0 Å². The maximum atomic E-state index is 11.5. The Kier molecular flexibility index (Phi) is 3.22. The van der Waals surface area contributed by atoms with Gasteiger partial charge in [-0.05, 0) is 28.1 Å². The minimum absolute atomic E-state index is 0.125. The summed E-state index contributed by atoms with van der Waals surface area (Å²) in [6, 6.07) is 3.36. The fourth-order valence-electron chi connectivity index (χ4n) is 1.63. The summed E-state index contributed by atoms with van der Waals surface area (Å²) in [6.07, 6.45) is 0.603. The minimum Gasteiger partial charge on any atom is -0.464 e. The lowest BCUT2D eigenvalue weighted by molar-refractivity contribution is 0.0593. The van der Waals surface area contributed by atoms with E-state index in [9.17, 15) is 9.59 Å². The van der Waals surface area contributed by atoms with E-state index in [1.165, 1.54) is 7.11 Å². The van der Waals surface area contributed by atoms with E-state index in [0.717, 1.165) is 0 Å². The molecule has 0 atom stereocenters. The molecule has 1 heterocycles. The van der Waals surface area contributed by atoms with Gasteiger partial charge in [0.2, 0.25) is 0 Å². The van der Waals surface area contributed by atoms with Crippen LogP contribution in [-0.2, 0) is 4.74 Å². The first-order chi connectivity index (χ1) is 8.10. The molecule has 0 saturated carbocycles. The summed E-state index contributed by atoms with van der Waals surface area (Å²) >= 11 is 9.24. The average Bonchev–Trinajstić information content (AvgIpc) is 2.72. The molecule has 2 aromatic rings. The molecule has 0 unspecified atom stereocenters. The van der Waals surface area contributed by atoms with Gasteiger partial charge in [0.15, 0.2) is 6.29 Å². The fraction of sp³-hybridized carbons (Fsp3) is 0.0909. The van der Waals surface area contributed by atoms with E-state index in [0.29, 0.717) is 26.7 Å². The first-order valence-corrected chi connectivity index (χ1v) is 5.80. The Bertz CT molecular complexity index is 621. The maximum Gasteiger partial charge on any atom is 0.355 e. The predicted molar refractivity (Wildman–Crippen MR) is 67.7 cm³/mol. The molecule has 4 nitrogen and oxygen atoms in total. The maximum absolute atomic E-state index is 11.5. The number of rotatable bonds is 2. The molecular weight excluding hydrogens is 309 g/mol. The molecular formula is C11H7BrClNO3. The van der Waals surface area contributed by atoms with Crippen molar-refractivity contribution in [3.8, 4) is 0 Å². The molecule has 6 heteroatoms. The fourth-order valence-corrected chi connectivity index (χ4v) is 2.34. The Balaban J connectivity index is 2.86. The van der Waals surface area contributed by atoms with Crippen LogP contribution in [0.25, 0.3) is 10.9 Å². The van der Waals surface area contributed by atoms with Crippen LogP contribution in [0.15, 0.2) is 16.6 Å². The van der Waals surface area contributed by atoms with Crippen LogP contribution in [0, 0.1) is 0 Å². The summed E-state index contributed by atoms with van der Waals surface area (Å²) in [4.78, 5) is 25.4. The van der Waals surface area contributed by atoms with Crippen molar-refractivity contribution in [2.75, 3.05) is 7.11 Å². The quantitative estimate of drug-likeness (QED) is 0.684. The molecule has 2 rings (SSSR count). The van der Waals surface area contributed by atoms with Gasteiger partial charge in [-0.3, -0.25) is 4.79 Å². The number of H-pyrrole nitrogens is 1. The van der Waals surface area contributed by atoms with Crippen LogP contribution in [-0.4, -0.2) is 24.3 Å². The second kappa shape index (κ2) is 4.50. The number of nitrogens with one attached hydrogen (secondary N) is 1. The van der Waals surface area contributed by atoms with Crippen LogP contribution >= 0.6 is 27.5 Å². The van der Waals surface area contributed by atoms with Gasteiger partial charge in [0.25, 0.3) is 0 Å². The van der Waals surface area contributed by atoms with E-state index < -0.39 is 5.97 Å². The molecule has 0 saturated heterocycles. The van der Waals surface area contributed by atoms with Crippen molar-refractivity contribution >= 4 is 50.7 Å². The van der Waals surface area contributed by atoms with Crippen LogP contribution in [0.1, 0.15) is 20.8 Å². The lowest BCUT2D eigenvalue weighted by Crippen LogP contribution is -2.04. The van der Waals surface area contributed by atoms with E-state index >= 15 is 0 Å². The van der Waals surface area contributed by atoms with E-state index in [2.05, 4.69) is 25.7 Å². The molecule has 0 radical (unpaired) electrons. The monoisotopic (exact) mass is 315 g/mol. The normalized spacial score (nSPS) is 10.5. The van der Waals surface area contributed by atoms with E-state index in [1.54, 1.807) is 12.1 Å². The van der Waals surface area contributed by atoms with Gasteiger partial charge in [-0.25, -0.2) is 4.79 Å². The van der Waals surface area contributed by atoms with Gasteiger partial charge in [0.1, 0.15) is 5.69 Å². The summed E-state index contributed by atoms with van der Waals surface area (Å²) < 4.78 is 5.18. The summed E-state index contributed by atoms with van der Waals surface area (Å²) in [5.74, 6) is -0.591. The van der Waals surface area contributed by atoms with Gasteiger partial charge in [0.05, 0.1) is 17.7 Å². The van der Waals surface area contributed by atoms with Crippen LogP contribution < -0.4 is 0 Å². The van der Waals surface area contributed by atoms with Gasteiger partial charge in [-0.1, -0.05) is 11.6 Å². The predicted octanol–water partition coefficient (Wildman–Crippen LogP) is 3.18. The van der Waals surface area contributed by atoms with Gasteiger partial charge in [0, 0.05) is 15.4 Å². The third-order valence-corrected chi connectivity index (χ3v) is 3.77. The second-order valence-electron chi connectivity index (χ2n) is 3.31. The smallest absolute Gasteiger partial charge is 0.355 e. The third-order valence-electron chi connectivity index (χ3n) is 2.40. The summed E-state index contributed by atoms with van der Waals surface area (Å²) in [5.41, 5.74) is 1.01. The van der Waals surface area contributed by atoms with Crippen molar-refractivity contribution < 1.29 is 14.3 Å². The van der Waals surface area contributed by atoms with Crippen molar-refractivity contribution in [1.29, 1.82) is 0 Å². The number of ether oxygens (including phenoxy) is 1. The highest BCUT2D eigenvalue weighted by molar-refractivity contribution is 9.10. The Hall–Kier alpha value is -1.33. The highest BCUT2D eigenvalue weighted by Gasteiger charge is 2.20. The highest BCUT2D eigenvalue weighted by Crippen LogP contribution is 2.34. The number of fused-ring (bicyclic) bond motifs is 1. The Morgan fingerprint density at radius 3 is 2.82 bits per heavy atom. The molecule has 1 aromatic carbocycles. The second-order valence-corrected chi connectivity index (χ2v) is 4.51. The molecule has 0 fully saturated rings. The SMILES string of the molecule is COC(=O)c1[nH]c2ccc(Cl)c(Br)c2c1C=O. The van der Waals surface area contributed by atoms with E-state index in [-0.39, 0.29) is 11.3 Å². The number of hydrogen-bond acceptors (Lipinski definition) is 3. The zero-order valence-electron chi connectivity index (χ0n) is 8.71. The van der Waals surface area contributed by atoms with Crippen molar-refractivity contribution in [2.24, 2.45) is 0 Å². The minimum atomic E-state index is -0.591. The average molecular weight is 317 g/mol. The molecule has 0 aliphatic heterocycles. The van der Waals surface area contributed by atoms with Gasteiger partial charge in [-0.15, -0.1) is 0 Å². The number of benzene rings is 1. The number of carbonyl (C=O) groups excluding carboxylic acids is 2. The Morgan fingerprint density at radius 1 is 1.53 bits per heavy atom. The third kappa shape index (κ3) is 1.85. The summed E-state index contributed by atoms with van der Waals surface area (Å²) in [6.45, 7) is 0. The van der Waals surface area contributed by atoms with Crippen LogP contribution in [0.2, 0.25) is 5.02 Å². The Morgan fingerprint density at radius 2 is 2.24 bits per heavy atom. The van der Waals surface area contributed by atoms with Gasteiger partial charge in [-0.2, -0.15) is 0 Å². The summed E-state index contributed by atoms with van der Waals surface area (Å²) in [7, 11) is 1.25. The summed E-state index contributed by atoms with van der Waals surface area (Å²) in [5, 5.41) is 1.05. The lowest BCUT2D eigenvalue weighted by Gasteiger charge is -1.98. The van der Waals surface area contributed by atoms with Crippen molar-refractivity contribution in [3.05, 3.63) is 32.9 Å². The number of aromatic nitrogens is 1. The molecule has 0 bridgehead atoms. The molecule has 0 aliphatic rings. The largest absolute Gasteiger partial charge is 0.464 e.